The Hall–Kier alpha value is -0.860. The molecule has 0 aliphatic carbocycles. The molecule has 0 spiro atoms. The van der Waals surface area contributed by atoms with E-state index in [1.807, 2.05) is 0 Å². The molecule has 0 aromatic heterocycles. The van der Waals surface area contributed by atoms with Crippen LogP contribution in [0.4, 0.5) is 0 Å². The van der Waals surface area contributed by atoms with Crippen LogP contribution in [0.2, 0.25) is 0 Å². The summed E-state index contributed by atoms with van der Waals surface area (Å²) in [7, 11) is 0. The van der Waals surface area contributed by atoms with Crippen molar-refractivity contribution < 1.29 is 4.92 Å². The summed E-state index contributed by atoms with van der Waals surface area (Å²) >= 11 is 0. The summed E-state index contributed by atoms with van der Waals surface area (Å²) in [6, 6.07) is -0.542. The number of allylic oxidation sites excluding steroid dienone is 1. The summed E-state index contributed by atoms with van der Waals surface area (Å²) in [5.74, 6) is 0. The molecule has 0 aliphatic rings. The lowest BCUT2D eigenvalue weighted by molar-refractivity contribution is -0.504. The second kappa shape index (κ2) is 3.18. The van der Waals surface area contributed by atoms with Gasteiger partial charge in [-0.3, -0.25) is 10.1 Å². The maximum absolute atomic E-state index is 9.84. The average Bonchev–Trinajstić information content (AvgIpc) is 1.67. The minimum atomic E-state index is -0.542. The molecule has 0 heterocycles. The lowest BCUT2D eigenvalue weighted by Gasteiger charge is -1.92. The Morgan fingerprint density at radius 2 is 2.25 bits per heavy atom. The van der Waals surface area contributed by atoms with E-state index < -0.39 is 6.04 Å². The van der Waals surface area contributed by atoms with Gasteiger partial charge in [0, 0.05) is 11.8 Å². The average molecular weight is 115 g/mol. The zero-order valence-electron chi connectivity index (χ0n) is 5.00. The van der Waals surface area contributed by atoms with Crippen LogP contribution >= 0.6 is 0 Å². The van der Waals surface area contributed by atoms with Gasteiger partial charge in [-0.15, -0.1) is 0 Å². The number of hydrogen-bond donors (Lipinski definition) is 0. The summed E-state index contributed by atoms with van der Waals surface area (Å²) < 4.78 is 0. The normalized spacial score (nSPS) is 14.2. The van der Waals surface area contributed by atoms with Crippen molar-refractivity contribution in [2.45, 2.75) is 19.9 Å². The first-order valence-electron chi connectivity index (χ1n) is 2.44. The maximum atomic E-state index is 9.84. The maximum Gasteiger partial charge on any atom is 0.228 e. The van der Waals surface area contributed by atoms with Gasteiger partial charge in [0.25, 0.3) is 0 Å². The van der Waals surface area contributed by atoms with Gasteiger partial charge in [-0.2, -0.15) is 0 Å². The molecular weight excluding hydrogens is 106 g/mol. The molecule has 0 aliphatic heterocycles. The molecular formula is C5H9NO2. The SMILES string of the molecule is C/C=C/C(C)[N+](=O)[O-]. The third-order valence-electron chi connectivity index (χ3n) is 0.804. The molecule has 0 bridgehead atoms. The molecule has 1 atom stereocenters. The van der Waals surface area contributed by atoms with E-state index in [4.69, 9.17) is 0 Å². The summed E-state index contributed by atoms with van der Waals surface area (Å²) in [5.41, 5.74) is 0. The van der Waals surface area contributed by atoms with E-state index in [-0.39, 0.29) is 4.92 Å². The zero-order chi connectivity index (χ0) is 6.57. The molecule has 3 nitrogen and oxygen atoms in total. The molecule has 0 saturated carbocycles. The first-order chi connectivity index (χ1) is 3.68. The van der Waals surface area contributed by atoms with Crippen molar-refractivity contribution in [3.63, 3.8) is 0 Å². The fourth-order valence-corrected chi connectivity index (χ4v) is 0.349. The van der Waals surface area contributed by atoms with E-state index in [0.717, 1.165) is 0 Å². The predicted octanol–water partition coefficient (Wildman–Crippen LogP) is 1.23. The van der Waals surface area contributed by atoms with Gasteiger partial charge in [0.05, 0.1) is 0 Å². The quantitative estimate of drug-likeness (QED) is 0.308. The van der Waals surface area contributed by atoms with Crippen molar-refractivity contribution in [1.29, 1.82) is 0 Å². The Morgan fingerprint density at radius 1 is 1.75 bits per heavy atom. The van der Waals surface area contributed by atoms with E-state index in [2.05, 4.69) is 0 Å². The second-order valence-electron chi connectivity index (χ2n) is 1.55. The van der Waals surface area contributed by atoms with Gasteiger partial charge >= 0.3 is 0 Å². The predicted molar refractivity (Wildman–Crippen MR) is 31.3 cm³/mol. The van der Waals surface area contributed by atoms with Crippen LogP contribution in [0.5, 0.6) is 0 Å². The van der Waals surface area contributed by atoms with Crippen molar-refractivity contribution >= 4 is 0 Å². The molecule has 0 aromatic rings. The summed E-state index contributed by atoms with van der Waals surface area (Å²) in [6.45, 7) is 3.31. The molecule has 0 radical (unpaired) electrons. The Balaban J connectivity index is 3.64. The van der Waals surface area contributed by atoms with Crippen LogP contribution < -0.4 is 0 Å². The monoisotopic (exact) mass is 115 g/mol. The van der Waals surface area contributed by atoms with E-state index in [1.54, 1.807) is 26.0 Å². The van der Waals surface area contributed by atoms with Gasteiger partial charge in [-0.1, -0.05) is 6.08 Å². The van der Waals surface area contributed by atoms with E-state index in [1.165, 1.54) is 0 Å². The van der Waals surface area contributed by atoms with Gasteiger partial charge in [0.15, 0.2) is 0 Å². The van der Waals surface area contributed by atoms with E-state index >= 15 is 0 Å². The van der Waals surface area contributed by atoms with Gasteiger partial charge in [-0.05, 0) is 13.0 Å². The van der Waals surface area contributed by atoms with E-state index in [0.29, 0.717) is 0 Å². The Labute approximate surface area is 48.2 Å². The van der Waals surface area contributed by atoms with Crippen LogP contribution in [0.1, 0.15) is 13.8 Å². The molecule has 0 saturated heterocycles. The van der Waals surface area contributed by atoms with Gasteiger partial charge < -0.3 is 0 Å². The van der Waals surface area contributed by atoms with Gasteiger partial charge in [0.1, 0.15) is 0 Å². The van der Waals surface area contributed by atoms with Crippen LogP contribution in [0.3, 0.4) is 0 Å². The first kappa shape index (κ1) is 7.14. The first-order valence-corrected chi connectivity index (χ1v) is 2.44. The van der Waals surface area contributed by atoms with Crippen LogP contribution in [0.25, 0.3) is 0 Å². The summed E-state index contributed by atoms with van der Waals surface area (Å²) in [6.07, 6.45) is 3.22. The number of nitrogens with zero attached hydrogens (tertiary/aromatic N) is 1. The highest BCUT2D eigenvalue weighted by molar-refractivity contribution is 4.82. The molecule has 3 heteroatoms. The highest BCUT2D eigenvalue weighted by Gasteiger charge is 2.04. The minimum Gasteiger partial charge on any atom is -0.264 e. The van der Waals surface area contributed by atoms with Crippen molar-refractivity contribution in [2.75, 3.05) is 0 Å². The molecule has 0 amide bonds. The number of hydrogen-bond acceptors (Lipinski definition) is 2. The van der Waals surface area contributed by atoms with Crippen LogP contribution in [0, 0.1) is 10.1 Å². The topological polar surface area (TPSA) is 43.1 Å². The third-order valence-corrected chi connectivity index (χ3v) is 0.804. The van der Waals surface area contributed by atoms with Gasteiger partial charge in [-0.25, -0.2) is 0 Å². The third kappa shape index (κ3) is 2.34. The van der Waals surface area contributed by atoms with Crippen molar-refractivity contribution in [3.8, 4) is 0 Å². The summed E-state index contributed by atoms with van der Waals surface area (Å²) in [4.78, 5) is 9.51. The van der Waals surface area contributed by atoms with Crippen LogP contribution in [-0.4, -0.2) is 11.0 Å². The molecule has 0 aromatic carbocycles. The molecule has 1 unspecified atom stereocenters. The fraction of sp³-hybridized carbons (Fsp3) is 0.600. The smallest absolute Gasteiger partial charge is 0.228 e. The van der Waals surface area contributed by atoms with Crippen molar-refractivity contribution in [3.05, 3.63) is 22.3 Å². The van der Waals surface area contributed by atoms with Crippen molar-refractivity contribution in [2.24, 2.45) is 0 Å². The second-order valence-corrected chi connectivity index (χ2v) is 1.55. The molecule has 0 N–H and O–H groups in total. The number of nitro groups is 1. The number of rotatable bonds is 2. The van der Waals surface area contributed by atoms with Crippen molar-refractivity contribution in [1.82, 2.24) is 0 Å². The molecule has 46 valence electrons. The molecule has 0 fully saturated rings. The standard InChI is InChI=1S/C5H9NO2/c1-3-4-5(2)6(7)8/h3-5H,1-2H3/b4-3+. The van der Waals surface area contributed by atoms with E-state index in [9.17, 15) is 10.1 Å². The largest absolute Gasteiger partial charge is 0.264 e. The van der Waals surface area contributed by atoms with Gasteiger partial charge in [0.2, 0.25) is 6.04 Å². The highest BCUT2D eigenvalue weighted by Crippen LogP contribution is 1.88. The highest BCUT2D eigenvalue weighted by atomic mass is 16.6. The molecule has 8 heavy (non-hydrogen) atoms. The minimum absolute atomic E-state index is 0.333. The Kier molecular flexibility index (Phi) is 2.84. The molecule has 0 rings (SSSR count). The Morgan fingerprint density at radius 3 is 2.38 bits per heavy atom. The lowest BCUT2D eigenvalue weighted by Crippen LogP contribution is -2.10. The lowest BCUT2D eigenvalue weighted by atomic mass is 10.3. The fourth-order valence-electron chi connectivity index (χ4n) is 0.349. The Bertz CT molecular complexity index is 109. The summed E-state index contributed by atoms with van der Waals surface area (Å²) in [5, 5.41) is 9.84. The zero-order valence-corrected chi connectivity index (χ0v) is 5.00. The van der Waals surface area contributed by atoms with Crippen LogP contribution in [0.15, 0.2) is 12.2 Å². The van der Waals surface area contributed by atoms with Crippen LogP contribution in [-0.2, 0) is 0 Å².